The molecule has 1 aromatic heterocycles. The monoisotopic (exact) mass is 308 g/mol. The lowest BCUT2D eigenvalue weighted by atomic mass is 10.2. The highest BCUT2D eigenvalue weighted by Gasteiger charge is 2.24. The maximum absolute atomic E-state index is 12.3. The molecule has 5 nitrogen and oxygen atoms in total. The number of anilines is 1. The zero-order valence-electron chi connectivity index (χ0n) is 12.2. The molecule has 0 spiro atoms. The SMILES string of the molecule is O=C(CN1CCCC1)N1CCN(c2ccnc(Cl)c2)CC1. The molecule has 3 heterocycles. The number of carbonyl (C=O) groups excluding carboxylic acids is 1. The minimum atomic E-state index is 0.268. The molecule has 0 aromatic carbocycles. The summed E-state index contributed by atoms with van der Waals surface area (Å²) in [5.74, 6) is 0.268. The van der Waals surface area contributed by atoms with E-state index < -0.39 is 0 Å². The van der Waals surface area contributed by atoms with Crippen LogP contribution in [0.15, 0.2) is 18.3 Å². The van der Waals surface area contributed by atoms with Gasteiger partial charge in [-0.1, -0.05) is 11.6 Å². The summed E-state index contributed by atoms with van der Waals surface area (Å²) in [7, 11) is 0. The average Bonchev–Trinajstić information content (AvgIpc) is 3.00. The highest BCUT2D eigenvalue weighted by atomic mass is 35.5. The molecule has 114 valence electrons. The van der Waals surface area contributed by atoms with Crippen molar-refractivity contribution in [3.05, 3.63) is 23.5 Å². The molecular formula is C15H21ClN4O. The van der Waals surface area contributed by atoms with Crippen LogP contribution in [-0.2, 0) is 4.79 Å². The van der Waals surface area contributed by atoms with Crippen molar-refractivity contribution in [3.63, 3.8) is 0 Å². The maximum atomic E-state index is 12.3. The van der Waals surface area contributed by atoms with Gasteiger partial charge in [0, 0.05) is 38.1 Å². The van der Waals surface area contributed by atoms with Crippen LogP contribution >= 0.6 is 11.6 Å². The third kappa shape index (κ3) is 3.66. The van der Waals surface area contributed by atoms with Gasteiger partial charge in [-0.3, -0.25) is 9.69 Å². The summed E-state index contributed by atoms with van der Waals surface area (Å²) in [6.07, 6.45) is 4.18. The van der Waals surface area contributed by atoms with Gasteiger partial charge in [0.2, 0.25) is 5.91 Å². The number of likely N-dealkylation sites (tertiary alicyclic amines) is 1. The van der Waals surface area contributed by atoms with E-state index >= 15 is 0 Å². The molecule has 1 amide bonds. The lowest BCUT2D eigenvalue weighted by molar-refractivity contribution is -0.132. The van der Waals surface area contributed by atoms with Crippen LogP contribution in [0.1, 0.15) is 12.8 Å². The minimum Gasteiger partial charge on any atom is -0.368 e. The number of halogens is 1. The van der Waals surface area contributed by atoms with Gasteiger partial charge in [-0.15, -0.1) is 0 Å². The Morgan fingerprint density at radius 3 is 2.52 bits per heavy atom. The molecule has 0 unspecified atom stereocenters. The second-order valence-corrected chi connectivity index (χ2v) is 6.08. The minimum absolute atomic E-state index is 0.268. The van der Waals surface area contributed by atoms with Gasteiger partial charge in [-0.05, 0) is 38.1 Å². The molecule has 0 aliphatic carbocycles. The lowest BCUT2D eigenvalue weighted by Crippen LogP contribution is -2.51. The molecular weight excluding hydrogens is 288 g/mol. The summed E-state index contributed by atoms with van der Waals surface area (Å²) in [5.41, 5.74) is 1.08. The summed E-state index contributed by atoms with van der Waals surface area (Å²) >= 11 is 5.93. The van der Waals surface area contributed by atoms with Crippen LogP contribution in [0, 0.1) is 0 Å². The Morgan fingerprint density at radius 2 is 1.86 bits per heavy atom. The quantitative estimate of drug-likeness (QED) is 0.793. The van der Waals surface area contributed by atoms with E-state index in [1.54, 1.807) is 6.20 Å². The zero-order valence-corrected chi connectivity index (χ0v) is 12.9. The molecule has 0 saturated carbocycles. The van der Waals surface area contributed by atoms with Crippen LogP contribution in [0.5, 0.6) is 0 Å². The van der Waals surface area contributed by atoms with Crippen molar-refractivity contribution >= 4 is 23.2 Å². The number of piperazine rings is 1. The van der Waals surface area contributed by atoms with Crippen molar-refractivity contribution in [3.8, 4) is 0 Å². The number of pyridine rings is 1. The van der Waals surface area contributed by atoms with Crippen LogP contribution in [0.4, 0.5) is 5.69 Å². The number of rotatable bonds is 3. The fourth-order valence-corrected chi connectivity index (χ4v) is 3.20. The molecule has 6 heteroatoms. The summed E-state index contributed by atoms with van der Waals surface area (Å²) in [6.45, 7) is 6.00. The van der Waals surface area contributed by atoms with Crippen molar-refractivity contribution < 1.29 is 4.79 Å². The highest BCUT2D eigenvalue weighted by molar-refractivity contribution is 6.29. The second-order valence-electron chi connectivity index (χ2n) is 5.69. The standard InChI is InChI=1S/C15H21ClN4O/c16-14-11-13(3-4-17-14)19-7-9-20(10-8-19)15(21)12-18-5-1-2-6-18/h3-4,11H,1-2,5-10,12H2. The number of hydrogen-bond acceptors (Lipinski definition) is 4. The number of amides is 1. The van der Waals surface area contributed by atoms with E-state index in [0.29, 0.717) is 11.7 Å². The molecule has 21 heavy (non-hydrogen) atoms. The van der Waals surface area contributed by atoms with Crippen molar-refractivity contribution in [1.82, 2.24) is 14.8 Å². The molecule has 2 saturated heterocycles. The average molecular weight is 309 g/mol. The first-order valence-corrected chi connectivity index (χ1v) is 7.97. The normalized spacial score (nSPS) is 20.0. The zero-order chi connectivity index (χ0) is 14.7. The largest absolute Gasteiger partial charge is 0.368 e. The van der Waals surface area contributed by atoms with Crippen LogP contribution in [0.25, 0.3) is 0 Å². The van der Waals surface area contributed by atoms with E-state index in [9.17, 15) is 4.79 Å². The fraction of sp³-hybridized carbons (Fsp3) is 0.600. The Labute approximate surface area is 130 Å². The molecule has 0 radical (unpaired) electrons. The number of carbonyl (C=O) groups is 1. The molecule has 3 rings (SSSR count). The summed E-state index contributed by atoms with van der Waals surface area (Å²) in [5, 5.41) is 0.514. The topological polar surface area (TPSA) is 39.7 Å². The van der Waals surface area contributed by atoms with Gasteiger partial charge < -0.3 is 9.80 Å². The van der Waals surface area contributed by atoms with Gasteiger partial charge in [0.15, 0.2) is 0 Å². The Kier molecular flexibility index (Phi) is 4.60. The van der Waals surface area contributed by atoms with Crippen LogP contribution in [0.2, 0.25) is 5.15 Å². The number of aromatic nitrogens is 1. The number of hydrogen-bond donors (Lipinski definition) is 0. The van der Waals surface area contributed by atoms with Gasteiger partial charge in [-0.2, -0.15) is 0 Å². The Hall–Kier alpha value is -1.33. The number of nitrogens with zero attached hydrogens (tertiary/aromatic N) is 4. The summed E-state index contributed by atoms with van der Waals surface area (Å²) < 4.78 is 0. The molecule has 1 aromatic rings. The molecule has 0 atom stereocenters. The van der Waals surface area contributed by atoms with Gasteiger partial charge in [0.05, 0.1) is 6.54 Å². The Morgan fingerprint density at radius 1 is 1.14 bits per heavy atom. The second kappa shape index (κ2) is 6.62. The molecule has 0 bridgehead atoms. The summed E-state index contributed by atoms with van der Waals surface area (Å²) in [4.78, 5) is 22.8. The maximum Gasteiger partial charge on any atom is 0.236 e. The molecule has 2 aliphatic rings. The smallest absolute Gasteiger partial charge is 0.236 e. The first-order valence-electron chi connectivity index (χ1n) is 7.59. The van der Waals surface area contributed by atoms with E-state index in [-0.39, 0.29) is 5.91 Å². The van der Waals surface area contributed by atoms with Gasteiger partial charge in [0.1, 0.15) is 5.15 Å². The van der Waals surface area contributed by atoms with Crippen molar-refractivity contribution in [2.75, 3.05) is 50.7 Å². The van der Waals surface area contributed by atoms with E-state index in [4.69, 9.17) is 11.6 Å². The molecule has 0 N–H and O–H groups in total. The first-order chi connectivity index (χ1) is 10.2. The van der Waals surface area contributed by atoms with Crippen LogP contribution in [0.3, 0.4) is 0 Å². The van der Waals surface area contributed by atoms with Gasteiger partial charge in [-0.25, -0.2) is 4.98 Å². The van der Waals surface area contributed by atoms with Crippen molar-refractivity contribution in [2.45, 2.75) is 12.8 Å². The predicted molar refractivity (Wildman–Crippen MR) is 83.7 cm³/mol. The van der Waals surface area contributed by atoms with Crippen LogP contribution < -0.4 is 4.90 Å². The summed E-state index contributed by atoms with van der Waals surface area (Å²) in [6, 6.07) is 3.84. The van der Waals surface area contributed by atoms with E-state index in [1.165, 1.54) is 12.8 Å². The first kappa shape index (κ1) is 14.6. The van der Waals surface area contributed by atoms with Crippen molar-refractivity contribution in [1.29, 1.82) is 0 Å². The Balaban J connectivity index is 1.51. The molecule has 2 fully saturated rings. The van der Waals surface area contributed by atoms with E-state index in [0.717, 1.165) is 45.0 Å². The van der Waals surface area contributed by atoms with Crippen LogP contribution in [-0.4, -0.2) is 66.5 Å². The van der Waals surface area contributed by atoms with Gasteiger partial charge in [0.25, 0.3) is 0 Å². The third-order valence-electron chi connectivity index (χ3n) is 4.27. The van der Waals surface area contributed by atoms with E-state index in [2.05, 4.69) is 14.8 Å². The third-order valence-corrected chi connectivity index (χ3v) is 4.47. The predicted octanol–water partition coefficient (Wildman–Crippen LogP) is 1.48. The van der Waals surface area contributed by atoms with Gasteiger partial charge >= 0.3 is 0 Å². The van der Waals surface area contributed by atoms with Crippen molar-refractivity contribution in [2.24, 2.45) is 0 Å². The highest BCUT2D eigenvalue weighted by Crippen LogP contribution is 2.19. The van der Waals surface area contributed by atoms with E-state index in [1.807, 2.05) is 17.0 Å². The fourth-order valence-electron chi connectivity index (χ4n) is 3.04. The lowest BCUT2D eigenvalue weighted by Gasteiger charge is -2.36. The molecule has 2 aliphatic heterocycles. The Bertz CT molecular complexity index is 496.